The van der Waals surface area contributed by atoms with E-state index in [0.717, 1.165) is 17.9 Å². The van der Waals surface area contributed by atoms with Crippen LogP contribution in [-0.2, 0) is 11.2 Å². The predicted octanol–water partition coefficient (Wildman–Crippen LogP) is 2.30. The Kier molecular flexibility index (Phi) is 3.88. The fourth-order valence-corrected chi connectivity index (χ4v) is 2.97. The van der Waals surface area contributed by atoms with Crippen LogP contribution in [0.3, 0.4) is 0 Å². The Morgan fingerprint density at radius 1 is 1.69 bits per heavy atom. The second kappa shape index (κ2) is 5.39. The summed E-state index contributed by atoms with van der Waals surface area (Å²) in [6.45, 7) is 0. The number of hydrogen-bond donors (Lipinski definition) is 1. The highest BCUT2D eigenvalue weighted by atomic mass is 32.2. The van der Waals surface area contributed by atoms with E-state index >= 15 is 0 Å². The van der Waals surface area contributed by atoms with Gasteiger partial charge in [0, 0.05) is 18.1 Å². The molecule has 4 nitrogen and oxygen atoms in total. The highest BCUT2D eigenvalue weighted by molar-refractivity contribution is 7.99. The molecule has 1 aliphatic heterocycles. The SMILES string of the molecule is O=C(O)CCc1nc(C2CCCSC2)co1. The number of hydrogen-bond acceptors (Lipinski definition) is 4. The first-order valence-electron chi connectivity index (χ1n) is 5.49. The van der Waals surface area contributed by atoms with Gasteiger partial charge in [-0.2, -0.15) is 11.8 Å². The van der Waals surface area contributed by atoms with Crippen molar-refractivity contribution in [3.8, 4) is 0 Å². The Hall–Kier alpha value is -0.970. The molecule has 0 radical (unpaired) electrons. The number of carboxylic acid groups (broad SMARTS) is 1. The third-order valence-corrected chi connectivity index (χ3v) is 3.92. The summed E-state index contributed by atoms with van der Waals surface area (Å²) in [7, 11) is 0. The van der Waals surface area contributed by atoms with Gasteiger partial charge in [-0.25, -0.2) is 4.98 Å². The van der Waals surface area contributed by atoms with Crippen LogP contribution in [0.25, 0.3) is 0 Å². The fourth-order valence-electron chi connectivity index (χ4n) is 1.82. The van der Waals surface area contributed by atoms with Gasteiger partial charge in [0.2, 0.25) is 0 Å². The van der Waals surface area contributed by atoms with Crippen LogP contribution in [0.2, 0.25) is 0 Å². The molecule has 1 atom stereocenters. The molecule has 0 aliphatic carbocycles. The summed E-state index contributed by atoms with van der Waals surface area (Å²) in [5.41, 5.74) is 0.993. The zero-order valence-electron chi connectivity index (χ0n) is 9.02. The van der Waals surface area contributed by atoms with Crippen LogP contribution in [0, 0.1) is 0 Å². The number of rotatable bonds is 4. The zero-order chi connectivity index (χ0) is 11.4. The van der Waals surface area contributed by atoms with Gasteiger partial charge in [-0.15, -0.1) is 0 Å². The number of thioether (sulfide) groups is 1. The van der Waals surface area contributed by atoms with Gasteiger partial charge < -0.3 is 9.52 Å². The Balaban J connectivity index is 1.93. The number of aromatic nitrogens is 1. The Morgan fingerprint density at radius 2 is 2.56 bits per heavy atom. The van der Waals surface area contributed by atoms with E-state index in [1.807, 2.05) is 11.8 Å². The highest BCUT2D eigenvalue weighted by Gasteiger charge is 2.19. The second-order valence-electron chi connectivity index (χ2n) is 3.97. The molecule has 1 N–H and O–H groups in total. The van der Waals surface area contributed by atoms with Crippen LogP contribution in [0.1, 0.15) is 36.8 Å². The largest absolute Gasteiger partial charge is 0.481 e. The Morgan fingerprint density at radius 3 is 3.25 bits per heavy atom. The van der Waals surface area contributed by atoms with Gasteiger partial charge in [0.1, 0.15) is 6.26 Å². The lowest BCUT2D eigenvalue weighted by Crippen LogP contribution is -2.09. The zero-order valence-corrected chi connectivity index (χ0v) is 9.83. The molecule has 0 saturated carbocycles. The highest BCUT2D eigenvalue weighted by Crippen LogP contribution is 2.30. The van der Waals surface area contributed by atoms with Crippen molar-refractivity contribution < 1.29 is 14.3 Å². The minimum atomic E-state index is -0.812. The summed E-state index contributed by atoms with van der Waals surface area (Å²) >= 11 is 1.95. The van der Waals surface area contributed by atoms with Crippen molar-refractivity contribution in [3.05, 3.63) is 17.8 Å². The van der Waals surface area contributed by atoms with Gasteiger partial charge in [-0.05, 0) is 18.6 Å². The number of oxazole rings is 1. The van der Waals surface area contributed by atoms with E-state index in [9.17, 15) is 4.79 Å². The second-order valence-corrected chi connectivity index (χ2v) is 5.12. The standard InChI is InChI=1S/C11H15NO3S/c13-11(14)4-3-10-12-9(6-15-10)8-2-1-5-16-7-8/h6,8H,1-5,7H2,(H,13,14). The first kappa shape index (κ1) is 11.5. The normalized spacial score (nSPS) is 20.9. The van der Waals surface area contributed by atoms with E-state index in [1.54, 1.807) is 6.26 Å². The van der Waals surface area contributed by atoms with E-state index in [1.165, 1.54) is 12.2 Å². The van der Waals surface area contributed by atoms with Crippen LogP contribution < -0.4 is 0 Å². The summed E-state index contributed by atoms with van der Waals surface area (Å²) in [5, 5.41) is 8.56. The molecule has 0 amide bonds. The molecular formula is C11H15NO3S. The third-order valence-electron chi connectivity index (χ3n) is 2.70. The van der Waals surface area contributed by atoms with Crippen molar-refractivity contribution in [2.75, 3.05) is 11.5 Å². The molecule has 88 valence electrons. The molecule has 0 spiro atoms. The average Bonchev–Trinajstić information content (AvgIpc) is 2.76. The monoisotopic (exact) mass is 241 g/mol. The predicted molar refractivity (Wildman–Crippen MR) is 61.8 cm³/mol. The van der Waals surface area contributed by atoms with Gasteiger partial charge in [0.15, 0.2) is 5.89 Å². The lowest BCUT2D eigenvalue weighted by atomic mass is 10.0. The van der Waals surface area contributed by atoms with E-state index < -0.39 is 5.97 Å². The maximum atomic E-state index is 10.4. The van der Waals surface area contributed by atoms with Crippen molar-refractivity contribution in [1.82, 2.24) is 4.98 Å². The van der Waals surface area contributed by atoms with Crippen LogP contribution in [-0.4, -0.2) is 27.6 Å². The van der Waals surface area contributed by atoms with Crippen molar-refractivity contribution in [2.24, 2.45) is 0 Å². The number of nitrogens with zero attached hydrogens (tertiary/aromatic N) is 1. The average molecular weight is 241 g/mol. The molecule has 1 aromatic heterocycles. The molecule has 1 fully saturated rings. The Bertz CT molecular complexity index is 358. The van der Waals surface area contributed by atoms with E-state index in [2.05, 4.69) is 4.98 Å². The molecule has 2 rings (SSSR count). The lowest BCUT2D eigenvalue weighted by molar-refractivity contribution is -0.137. The van der Waals surface area contributed by atoms with Gasteiger partial charge in [0.25, 0.3) is 0 Å². The molecule has 1 aliphatic rings. The number of carboxylic acids is 1. The maximum Gasteiger partial charge on any atom is 0.303 e. The first-order chi connectivity index (χ1) is 7.75. The molecule has 1 saturated heterocycles. The van der Waals surface area contributed by atoms with Crippen molar-refractivity contribution >= 4 is 17.7 Å². The molecule has 16 heavy (non-hydrogen) atoms. The molecular weight excluding hydrogens is 226 g/mol. The van der Waals surface area contributed by atoms with E-state index in [0.29, 0.717) is 18.2 Å². The van der Waals surface area contributed by atoms with Crippen molar-refractivity contribution in [1.29, 1.82) is 0 Å². The summed E-state index contributed by atoms with van der Waals surface area (Å²) in [6.07, 6.45) is 4.55. The van der Waals surface area contributed by atoms with Gasteiger partial charge in [0.05, 0.1) is 12.1 Å². The van der Waals surface area contributed by atoms with Crippen LogP contribution in [0.15, 0.2) is 10.7 Å². The van der Waals surface area contributed by atoms with E-state index in [-0.39, 0.29) is 6.42 Å². The summed E-state index contributed by atoms with van der Waals surface area (Å²) in [5.74, 6) is 2.56. The number of aliphatic carboxylic acids is 1. The fraction of sp³-hybridized carbons (Fsp3) is 0.636. The molecule has 0 bridgehead atoms. The maximum absolute atomic E-state index is 10.4. The minimum absolute atomic E-state index is 0.0827. The minimum Gasteiger partial charge on any atom is -0.481 e. The number of aryl methyl sites for hydroxylation is 1. The Labute approximate surface area is 98.4 Å². The molecule has 5 heteroatoms. The molecule has 1 aromatic rings. The number of carbonyl (C=O) groups is 1. The van der Waals surface area contributed by atoms with Crippen LogP contribution >= 0.6 is 11.8 Å². The van der Waals surface area contributed by atoms with E-state index in [4.69, 9.17) is 9.52 Å². The van der Waals surface area contributed by atoms with Crippen LogP contribution in [0.5, 0.6) is 0 Å². The molecule has 1 unspecified atom stereocenters. The quantitative estimate of drug-likeness (QED) is 0.876. The van der Waals surface area contributed by atoms with Crippen LogP contribution in [0.4, 0.5) is 0 Å². The summed E-state index contributed by atoms with van der Waals surface area (Å²) in [4.78, 5) is 14.8. The molecule has 2 heterocycles. The topological polar surface area (TPSA) is 63.3 Å². The van der Waals surface area contributed by atoms with Gasteiger partial charge >= 0.3 is 5.97 Å². The third kappa shape index (κ3) is 3.01. The van der Waals surface area contributed by atoms with Crippen molar-refractivity contribution in [2.45, 2.75) is 31.6 Å². The summed E-state index contributed by atoms with van der Waals surface area (Å²) < 4.78 is 5.28. The summed E-state index contributed by atoms with van der Waals surface area (Å²) in [6, 6.07) is 0. The van der Waals surface area contributed by atoms with Gasteiger partial charge in [-0.3, -0.25) is 4.79 Å². The van der Waals surface area contributed by atoms with Crippen molar-refractivity contribution in [3.63, 3.8) is 0 Å². The lowest BCUT2D eigenvalue weighted by Gasteiger charge is -2.18. The van der Waals surface area contributed by atoms with Gasteiger partial charge in [-0.1, -0.05) is 0 Å². The first-order valence-corrected chi connectivity index (χ1v) is 6.65. The smallest absolute Gasteiger partial charge is 0.303 e. The molecule has 0 aromatic carbocycles.